The van der Waals surface area contributed by atoms with Crippen LogP contribution in [-0.2, 0) is 24.2 Å². The largest absolute Gasteiger partial charge is 0.456 e. The lowest BCUT2D eigenvalue weighted by molar-refractivity contribution is -0.141. The Kier molecular flexibility index (Phi) is 6.17. The zero-order valence-electron chi connectivity index (χ0n) is 17.9. The van der Waals surface area contributed by atoms with Crippen LogP contribution in [0.5, 0.6) is 0 Å². The van der Waals surface area contributed by atoms with Gasteiger partial charge in [-0.3, -0.25) is 19.3 Å². The molecule has 2 aliphatic rings. The molecule has 1 fully saturated rings. The molecule has 1 aromatic carbocycles. The van der Waals surface area contributed by atoms with Crippen LogP contribution < -0.4 is 4.90 Å². The third kappa shape index (κ3) is 4.47. The van der Waals surface area contributed by atoms with Crippen molar-refractivity contribution in [2.24, 2.45) is 0 Å². The SMILES string of the molecule is Cc1cc(C(=O)COC(=O)CN2C(=O)CSc3ccccc32)c(C)n1C1CCS(=O)(=O)C1. The van der Waals surface area contributed by atoms with Gasteiger partial charge < -0.3 is 9.30 Å². The van der Waals surface area contributed by atoms with E-state index >= 15 is 0 Å². The Labute approximate surface area is 190 Å². The summed E-state index contributed by atoms with van der Waals surface area (Å²) in [4.78, 5) is 39.7. The molecule has 1 unspecified atom stereocenters. The number of para-hydroxylation sites is 1. The third-order valence-corrected chi connectivity index (χ3v) is 8.62. The monoisotopic (exact) mass is 476 g/mol. The van der Waals surface area contributed by atoms with Crippen LogP contribution >= 0.6 is 11.8 Å². The molecule has 0 saturated carbocycles. The molecule has 10 heteroatoms. The maximum atomic E-state index is 12.7. The van der Waals surface area contributed by atoms with Gasteiger partial charge in [0, 0.05) is 27.9 Å². The summed E-state index contributed by atoms with van der Waals surface area (Å²) in [6, 6.07) is 8.85. The van der Waals surface area contributed by atoms with E-state index < -0.39 is 22.4 Å². The van der Waals surface area contributed by atoms with Crippen LogP contribution in [0.15, 0.2) is 35.2 Å². The van der Waals surface area contributed by atoms with Gasteiger partial charge in [-0.15, -0.1) is 11.8 Å². The number of rotatable bonds is 6. The maximum Gasteiger partial charge on any atom is 0.326 e. The highest BCUT2D eigenvalue weighted by Gasteiger charge is 2.32. The molecule has 170 valence electrons. The quantitative estimate of drug-likeness (QED) is 0.466. The van der Waals surface area contributed by atoms with Crippen LogP contribution in [0.4, 0.5) is 5.69 Å². The zero-order valence-corrected chi connectivity index (χ0v) is 19.5. The maximum absolute atomic E-state index is 12.7. The summed E-state index contributed by atoms with van der Waals surface area (Å²) in [7, 11) is -3.06. The predicted molar refractivity (Wildman–Crippen MR) is 121 cm³/mol. The molecule has 1 amide bonds. The molecule has 1 aromatic heterocycles. The number of carbonyl (C=O) groups is 3. The molecule has 1 saturated heterocycles. The van der Waals surface area contributed by atoms with Gasteiger partial charge >= 0.3 is 5.97 Å². The lowest BCUT2D eigenvalue weighted by Crippen LogP contribution is -2.40. The summed E-state index contributed by atoms with van der Waals surface area (Å²) in [6.07, 6.45) is 0.519. The highest BCUT2D eigenvalue weighted by molar-refractivity contribution is 8.00. The van der Waals surface area contributed by atoms with E-state index in [4.69, 9.17) is 4.74 Å². The van der Waals surface area contributed by atoms with Gasteiger partial charge in [-0.05, 0) is 38.5 Å². The minimum Gasteiger partial charge on any atom is -0.456 e. The first-order valence-corrected chi connectivity index (χ1v) is 13.1. The van der Waals surface area contributed by atoms with E-state index in [1.807, 2.05) is 23.6 Å². The highest BCUT2D eigenvalue weighted by atomic mass is 32.2. The summed E-state index contributed by atoms with van der Waals surface area (Å²) in [6.45, 7) is 2.90. The van der Waals surface area contributed by atoms with E-state index in [0.29, 0.717) is 23.4 Å². The number of aromatic nitrogens is 1. The fourth-order valence-electron chi connectivity index (χ4n) is 4.33. The van der Waals surface area contributed by atoms with Crippen LogP contribution in [0.1, 0.15) is 34.2 Å². The van der Waals surface area contributed by atoms with E-state index in [9.17, 15) is 22.8 Å². The average Bonchev–Trinajstić information content (AvgIpc) is 3.25. The number of ketones is 1. The number of carbonyl (C=O) groups excluding carboxylic acids is 3. The van der Waals surface area contributed by atoms with Gasteiger partial charge in [0.25, 0.3) is 0 Å². The van der Waals surface area contributed by atoms with Gasteiger partial charge in [0.15, 0.2) is 16.4 Å². The number of Topliss-reactive ketones (excluding diaryl/α,β-unsaturated/α-hetero) is 1. The van der Waals surface area contributed by atoms with Crippen molar-refractivity contribution in [1.29, 1.82) is 0 Å². The molecule has 1 atom stereocenters. The number of thioether (sulfide) groups is 1. The van der Waals surface area contributed by atoms with E-state index in [2.05, 4.69) is 0 Å². The number of hydrogen-bond donors (Lipinski definition) is 0. The standard InChI is InChI=1S/C22H24N2O6S2/c1-14-9-17(15(2)24(14)16-7-8-32(28,29)13-16)19(25)11-30-22(27)10-23-18-5-3-4-6-20(18)31-12-21(23)26/h3-6,9,16H,7-8,10-13H2,1-2H3. The van der Waals surface area contributed by atoms with Crippen molar-refractivity contribution in [2.75, 3.05) is 35.3 Å². The van der Waals surface area contributed by atoms with Crippen molar-refractivity contribution in [2.45, 2.75) is 31.2 Å². The van der Waals surface area contributed by atoms with Crippen LogP contribution in [0.2, 0.25) is 0 Å². The molecule has 0 radical (unpaired) electrons. The smallest absolute Gasteiger partial charge is 0.326 e. The molecule has 8 nitrogen and oxygen atoms in total. The molecule has 2 aromatic rings. The molecular weight excluding hydrogens is 452 g/mol. The van der Waals surface area contributed by atoms with E-state index in [1.165, 1.54) is 16.7 Å². The molecule has 32 heavy (non-hydrogen) atoms. The van der Waals surface area contributed by atoms with E-state index in [1.54, 1.807) is 25.1 Å². The summed E-state index contributed by atoms with van der Waals surface area (Å²) in [5.41, 5.74) is 2.54. The van der Waals surface area contributed by atoms with Crippen molar-refractivity contribution in [3.63, 3.8) is 0 Å². The Hall–Kier alpha value is -2.59. The number of esters is 1. The molecule has 3 heterocycles. The average molecular weight is 477 g/mol. The van der Waals surface area contributed by atoms with Gasteiger partial charge in [0.05, 0.1) is 22.9 Å². The van der Waals surface area contributed by atoms with Crippen molar-refractivity contribution in [3.05, 3.63) is 47.3 Å². The van der Waals surface area contributed by atoms with Gasteiger partial charge in [-0.2, -0.15) is 0 Å². The second-order valence-corrected chi connectivity index (χ2v) is 11.3. The second kappa shape index (κ2) is 8.74. The second-order valence-electron chi connectivity index (χ2n) is 8.03. The summed E-state index contributed by atoms with van der Waals surface area (Å²) in [5, 5.41) is 0. The van der Waals surface area contributed by atoms with Gasteiger partial charge in [-0.25, -0.2) is 8.42 Å². The van der Waals surface area contributed by atoms with Crippen molar-refractivity contribution >= 4 is 44.9 Å². The van der Waals surface area contributed by atoms with Crippen LogP contribution in [0, 0.1) is 13.8 Å². The number of anilines is 1. The lowest BCUT2D eigenvalue weighted by atomic mass is 10.1. The first-order valence-electron chi connectivity index (χ1n) is 10.3. The number of sulfone groups is 1. The topological polar surface area (TPSA) is 103 Å². The predicted octanol–water partition coefficient (Wildman–Crippen LogP) is 2.33. The first kappa shape index (κ1) is 22.6. The zero-order chi connectivity index (χ0) is 23.0. The molecule has 0 aliphatic carbocycles. The van der Waals surface area contributed by atoms with Crippen molar-refractivity contribution < 1.29 is 27.5 Å². The number of fused-ring (bicyclic) bond motifs is 1. The van der Waals surface area contributed by atoms with Crippen molar-refractivity contribution in [3.8, 4) is 0 Å². The Bertz CT molecular complexity index is 1200. The lowest BCUT2D eigenvalue weighted by Gasteiger charge is -2.27. The molecule has 0 spiro atoms. The normalized spacial score (nSPS) is 19.6. The van der Waals surface area contributed by atoms with E-state index in [0.717, 1.165) is 10.6 Å². The van der Waals surface area contributed by atoms with Crippen LogP contribution in [-0.4, -0.2) is 61.1 Å². The molecule has 2 aliphatic heterocycles. The van der Waals surface area contributed by atoms with Gasteiger partial charge in [0.2, 0.25) is 11.7 Å². The number of hydrogen-bond acceptors (Lipinski definition) is 7. The number of amides is 1. The Morgan fingerprint density at radius 3 is 2.69 bits per heavy atom. The number of benzene rings is 1. The van der Waals surface area contributed by atoms with E-state index in [-0.39, 0.29) is 41.5 Å². The van der Waals surface area contributed by atoms with Crippen LogP contribution in [0.3, 0.4) is 0 Å². The Morgan fingerprint density at radius 2 is 1.97 bits per heavy atom. The number of nitrogens with zero attached hydrogens (tertiary/aromatic N) is 2. The van der Waals surface area contributed by atoms with Gasteiger partial charge in [-0.1, -0.05) is 12.1 Å². The molecule has 4 rings (SSSR count). The van der Waals surface area contributed by atoms with Crippen LogP contribution in [0.25, 0.3) is 0 Å². The Morgan fingerprint density at radius 1 is 1.22 bits per heavy atom. The fraction of sp³-hybridized carbons (Fsp3) is 0.409. The van der Waals surface area contributed by atoms with Crippen molar-refractivity contribution in [1.82, 2.24) is 4.57 Å². The third-order valence-electron chi connectivity index (χ3n) is 5.82. The molecule has 0 N–H and O–H groups in total. The summed E-state index contributed by atoms with van der Waals surface area (Å²) in [5.74, 6) is -0.760. The molecule has 0 bridgehead atoms. The van der Waals surface area contributed by atoms with Gasteiger partial charge in [0.1, 0.15) is 6.54 Å². The fourth-order valence-corrected chi connectivity index (χ4v) is 6.96. The Balaban J connectivity index is 1.41. The minimum atomic E-state index is -3.06. The number of ether oxygens (including phenoxy) is 1. The minimum absolute atomic E-state index is 0.0651. The molecular formula is C22H24N2O6S2. The summed E-state index contributed by atoms with van der Waals surface area (Å²) >= 11 is 1.42. The summed E-state index contributed by atoms with van der Waals surface area (Å²) < 4.78 is 30.8. The first-order chi connectivity index (χ1) is 15.2. The number of aryl methyl sites for hydroxylation is 1. The highest BCUT2D eigenvalue weighted by Crippen LogP contribution is 2.34.